The number of aliphatic carboxylic acids is 1. The minimum Gasteiger partial charge on any atom is -0.481 e. The summed E-state index contributed by atoms with van der Waals surface area (Å²) in [6.45, 7) is 2.15. The summed E-state index contributed by atoms with van der Waals surface area (Å²) in [6.07, 6.45) is 6.55. The van der Waals surface area contributed by atoms with E-state index in [0.717, 1.165) is 32.4 Å². The van der Waals surface area contributed by atoms with Crippen LogP contribution in [-0.2, 0) is 4.79 Å². The maximum atomic E-state index is 11.0. The fraction of sp³-hybridized carbons (Fsp3) is 0.909. The van der Waals surface area contributed by atoms with Crippen LogP contribution < -0.4 is 5.32 Å². The van der Waals surface area contributed by atoms with E-state index in [1.54, 1.807) is 0 Å². The molecule has 1 heterocycles. The highest BCUT2D eigenvalue weighted by molar-refractivity contribution is 5.70. The van der Waals surface area contributed by atoms with E-state index in [4.69, 9.17) is 5.11 Å². The van der Waals surface area contributed by atoms with Gasteiger partial charge in [-0.2, -0.15) is 0 Å². The van der Waals surface area contributed by atoms with E-state index in [9.17, 15) is 4.79 Å². The number of nitrogens with one attached hydrogen (secondary N) is 1. The predicted octanol–water partition coefficient (Wildman–Crippen LogP) is 1.63. The Morgan fingerprint density at radius 1 is 1.36 bits per heavy atom. The lowest BCUT2D eigenvalue weighted by atomic mass is 9.66. The molecule has 1 aliphatic carbocycles. The molecule has 2 aliphatic rings. The van der Waals surface area contributed by atoms with Gasteiger partial charge in [-0.3, -0.25) is 4.79 Å². The van der Waals surface area contributed by atoms with E-state index in [-0.39, 0.29) is 5.92 Å². The van der Waals surface area contributed by atoms with Crippen molar-refractivity contribution in [2.24, 2.45) is 11.3 Å². The van der Waals surface area contributed by atoms with Crippen LogP contribution in [0.25, 0.3) is 0 Å². The Kier molecular flexibility index (Phi) is 2.77. The lowest BCUT2D eigenvalue weighted by Gasteiger charge is -2.42. The maximum absolute atomic E-state index is 11.0. The van der Waals surface area contributed by atoms with Crippen molar-refractivity contribution in [2.45, 2.75) is 38.5 Å². The zero-order valence-electron chi connectivity index (χ0n) is 8.59. The van der Waals surface area contributed by atoms with E-state index in [1.165, 1.54) is 19.3 Å². The molecule has 3 nitrogen and oxygen atoms in total. The Labute approximate surface area is 84.9 Å². The third-order valence-corrected chi connectivity index (χ3v) is 3.85. The van der Waals surface area contributed by atoms with Crippen LogP contribution >= 0.6 is 0 Å². The van der Waals surface area contributed by atoms with E-state index in [2.05, 4.69) is 5.32 Å². The molecule has 1 spiro atoms. The van der Waals surface area contributed by atoms with Crippen LogP contribution in [0.1, 0.15) is 38.5 Å². The molecule has 0 aromatic carbocycles. The number of hydrogen-bond donors (Lipinski definition) is 2. The molecule has 1 saturated heterocycles. The summed E-state index contributed by atoms with van der Waals surface area (Å²) in [7, 11) is 0. The van der Waals surface area contributed by atoms with Crippen molar-refractivity contribution in [3.05, 3.63) is 0 Å². The number of rotatable bonds is 1. The molecule has 0 amide bonds. The number of hydrogen-bond acceptors (Lipinski definition) is 2. The Hall–Kier alpha value is -0.570. The van der Waals surface area contributed by atoms with Crippen molar-refractivity contribution in [2.75, 3.05) is 13.1 Å². The Balaban J connectivity index is 2.01. The molecule has 80 valence electrons. The van der Waals surface area contributed by atoms with Crippen LogP contribution in [0.5, 0.6) is 0 Å². The van der Waals surface area contributed by atoms with Crippen LogP contribution in [0.15, 0.2) is 0 Å². The second-order valence-corrected chi connectivity index (χ2v) is 4.91. The fourth-order valence-corrected chi connectivity index (χ4v) is 3.08. The molecule has 0 radical (unpaired) electrons. The van der Waals surface area contributed by atoms with Gasteiger partial charge in [0.25, 0.3) is 0 Å². The van der Waals surface area contributed by atoms with E-state index < -0.39 is 5.97 Å². The molecule has 2 atom stereocenters. The van der Waals surface area contributed by atoms with Gasteiger partial charge in [0.15, 0.2) is 0 Å². The van der Waals surface area contributed by atoms with Crippen molar-refractivity contribution in [3.8, 4) is 0 Å². The molecule has 0 aromatic rings. The van der Waals surface area contributed by atoms with Gasteiger partial charge < -0.3 is 10.4 Å². The number of carboxylic acid groups (broad SMARTS) is 1. The van der Waals surface area contributed by atoms with Gasteiger partial charge in [-0.05, 0) is 44.1 Å². The fourth-order valence-electron chi connectivity index (χ4n) is 3.08. The van der Waals surface area contributed by atoms with Crippen molar-refractivity contribution in [1.82, 2.24) is 5.32 Å². The largest absolute Gasteiger partial charge is 0.481 e. The molecule has 1 aliphatic heterocycles. The molecule has 2 N–H and O–H groups in total. The van der Waals surface area contributed by atoms with E-state index in [1.807, 2.05) is 0 Å². The summed E-state index contributed by atoms with van der Waals surface area (Å²) in [5.41, 5.74) is 0.319. The Bertz CT molecular complexity index is 216. The normalized spacial score (nSPS) is 38.4. The van der Waals surface area contributed by atoms with Gasteiger partial charge in [-0.1, -0.05) is 6.42 Å². The highest BCUT2D eigenvalue weighted by atomic mass is 16.4. The Morgan fingerprint density at radius 2 is 2.14 bits per heavy atom. The molecule has 1 saturated carbocycles. The molecule has 2 unspecified atom stereocenters. The third kappa shape index (κ3) is 1.92. The molecule has 0 aromatic heterocycles. The summed E-state index contributed by atoms with van der Waals surface area (Å²) in [5, 5.41) is 12.4. The number of carbonyl (C=O) groups is 1. The highest BCUT2D eigenvalue weighted by Crippen LogP contribution is 2.43. The first-order chi connectivity index (χ1) is 6.72. The second-order valence-electron chi connectivity index (χ2n) is 4.91. The van der Waals surface area contributed by atoms with Gasteiger partial charge in [-0.25, -0.2) is 0 Å². The maximum Gasteiger partial charge on any atom is 0.306 e. The lowest BCUT2D eigenvalue weighted by Crippen LogP contribution is -2.44. The Morgan fingerprint density at radius 3 is 2.79 bits per heavy atom. The smallest absolute Gasteiger partial charge is 0.306 e. The molecule has 2 fully saturated rings. The number of piperidine rings is 1. The quantitative estimate of drug-likeness (QED) is 0.671. The highest BCUT2D eigenvalue weighted by Gasteiger charge is 2.39. The summed E-state index contributed by atoms with van der Waals surface area (Å²) < 4.78 is 0. The van der Waals surface area contributed by atoms with Crippen LogP contribution in [0, 0.1) is 11.3 Å². The average Bonchev–Trinajstić information content (AvgIpc) is 2.19. The standard InChI is InChI=1S/C11H19NO2/c13-10(14)9-3-1-4-11(7-9)5-2-6-12-8-11/h9,12H,1-8H2,(H,13,14). The summed E-state index contributed by atoms with van der Waals surface area (Å²) >= 11 is 0. The first-order valence-electron chi connectivity index (χ1n) is 5.65. The first kappa shape index (κ1) is 9.97. The first-order valence-corrected chi connectivity index (χ1v) is 5.65. The van der Waals surface area contributed by atoms with Gasteiger partial charge in [0.2, 0.25) is 0 Å². The lowest BCUT2D eigenvalue weighted by molar-refractivity contribution is -0.144. The predicted molar refractivity (Wildman–Crippen MR) is 54.1 cm³/mol. The van der Waals surface area contributed by atoms with Crippen molar-refractivity contribution in [3.63, 3.8) is 0 Å². The van der Waals surface area contributed by atoms with E-state index in [0.29, 0.717) is 5.41 Å². The molecule has 0 bridgehead atoms. The molecular weight excluding hydrogens is 178 g/mol. The second kappa shape index (κ2) is 3.89. The molecule has 14 heavy (non-hydrogen) atoms. The van der Waals surface area contributed by atoms with Gasteiger partial charge >= 0.3 is 5.97 Å². The summed E-state index contributed by atoms with van der Waals surface area (Å²) in [5.74, 6) is -0.668. The molecular formula is C11H19NO2. The van der Waals surface area contributed by atoms with Crippen LogP contribution in [0.4, 0.5) is 0 Å². The van der Waals surface area contributed by atoms with Gasteiger partial charge in [0.05, 0.1) is 5.92 Å². The van der Waals surface area contributed by atoms with Gasteiger partial charge in [0.1, 0.15) is 0 Å². The zero-order chi connectivity index (χ0) is 10.0. The average molecular weight is 197 g/mol. The minimum absolute atomic E-state index is 0.0800. The van der Waals surface area contributed by atoms with Gasteiger partial charge in [-0.15, -0.1) is 0 Å². The topological polar surface area (TPSA) is 49.3 Å². The number of carboxylic acids is 1. The van der Waals surface area contributed by atoms with Crippen LogP contribution in [-0.4, -0.2) is 24.2 Å². The molecule has 3 heteroatoms. The minimum atomic E-state index is -0.588. The third-order valence-electron chi connectivity index (χ3n) is 3.85. The van der Waals surface area contributed by atoms with Crippen molar-refractivity contribution in [1.29, 1.82) is 0 Å². The van der Waals surface area contributed by atoms with Gasteiger partial charge in [0, 0.05) is 6.54 Å². The SMILES string of the molecule is O=C(O)C1CCCC2(CCCNC2)C1. The summed E-state index contributed by atoms with van der Waals surface area (Å²) in [6, 6.07) is 0. The molecule has 2 rings (SSSR count). The zero-order valence-corrected chi connectivity index (χ0v) is 8.59. The van der Waals surface area contributed by atoms with Crippen molar-refractivity contribution < 1.29 is 9.90 Å². The van der Waals surface area contributed by atoms with Crippen LogP contribution in [0.2, 0.25) is 0 Å². The van der Waals surface area contributed by atoms with Crippen LogP contribution in [0.3, 0.4) is 0 Å². The van der Waals surface area contributed by atoms with Crippen molar-refractivity contribution >= 4 is 5.97 Å². The monoisotopic (exact) mass is 197 g/mol. The summed E-state index contributed by atoms with van der Waals surface area (Å²) in [4.78, 5) is 11.0. The van der Waals surface area contributed by atoms with E-state index >= 15 is 0 Å².